The molecule has 2 N–H and O–H groups in total. The summed E-state index contributed by atoms with van der Waals surface area (Å²) in [5.74, 6) is -1.39. The summed E-state index contributed by atoms with van der Waals surface area (Å²) in [6, 6.07) is -0.343. The van der Waals surface area contributed by atoms with Crippen molar-refractivity contribution in [3.8, 4) is 0 Å². The number of carboxylic acid groups (broad SMARTS) is 1. The summed E-state index contributed by atoms with van der Waals surface area (Å²) in [4.78, 5) is 24.4. The first-order chi connectivity index (χ1) is 10.3. The van der Waals surface area contributed by atoms with E-state index in [-0.39, 0.29) is 36.2 Å². The molecule has 2 aliphatic rings. The largest absolute Gasteiger partial charge is 0.481 e. The second kappa shape index (κ2) is 6.30. The maximum absolute atomic E-state index is 12.3. The van der Waals surface area contributed by atoms with Crippen molar-refractivity contribution in [1.29, 1.82) is 0 Å². The number of hydrogen-bond donors (Lipinski definition) is 2. The highest BCUT2D eigenvalue weighted by Crippen LogP contribution is 2.18. The number of sulfonamides is 1. The van der Waals surface area contributed by atoms with Gasteiger partial charge in [0.15, 0.2) is 5.84 Å². The lowest BCUT2D eigenvalue weighted by molar-refractivity contribution is -0.137. The average molecular weight is 327 g/mol. The molecule has 0 saturated heterocycles. The first kappa shape index (κ1) is 16.2. The fourth-order valence-corrected chi connectivity index (χ4v) is 3.09. The maximum atomic E-state index is 12.3. The molecule has 2 aliphatic heterocycles. The van der Waals surface area contributed by atoms with Gasteiger partial charge in [-0.2, -0.15) is 0 Å². The number of amides is 1. The van der Waals surface area contributed by atoms with Gasteiger partial charge in [0.05, 0.1) is 11.3 Å². The minimum absolute atomic E-state index is 0.0537. The SMILES string of the molecule is CC(CCC(=O)O)NC(=O)C1=CC=CN2CCS(=O)(=O)N=C12. The third kappa shape index (κ3) is 3.94. The first-order valence-corrected chi connectivity index (χ1v) is 8.40. The molecule has 1 amide bonds. The number of carbonyl (C=O) groups is 2. The molecule has 1 atom stereocenters. The Hall–Kier alpha value is -2.16. The maximum Gasteiger partial charge on any atom is 0.303 e. The van der Waals surface area contributed by atoms with Crippen LogP contribution in [0.3, 0.4) is 0 Å². The van der Waals surface area contributed by atoms with Crippen LogP contribution >= 0.6 is 0 Å². The summed E-state index contributed by atoms with van der Waals surface area (Å²) in [6.07, 6.45) is 5.04. The van der Waals surface area contributed by atoms with Gasteiger partial charge in [-0.15, -0.1) is 4.40 Å². The zero-order valence-electron chi connectivity index (χ0n) is 12.0. The zero-order valence-corrected chi connectivity index (χ0v) is 12.8. The van der Waals surface area contributed by atoms with Crippen molar-refractivity contribution in [3.63, 3.8) is 0 Å². The molecule has 9 heteroatoms. The molecule has 0 radical (unpaired) electrons. The van der Waals surface area contributed by atoms with Crippen molar-refractivity contribution in [2.24, 2.45) is 4.40 Å². The van der Waals surface area contributed by atoms with Gasteiger partial charge < -0.3 is 15.3 Å². The average Bonchev–Trinajstić information content (AvgIpc) is 2.43. The topological polar surface area (TPSA) is 116 Å². The van der Waals surface area contributed by atoms with E-state index >= 15 is 0 Å². The van der Waals surface area contributed by atoms with Crippen molar-refractivity contribution < 1.29 is 23.1 Å². The second-order valence-electron chi connectivity index (χ2n) is 5.12. The quantitative estimate of drug-likeness (QED) is 0.725. The molecule has 0 fully saturated rings. The van der Waals surface area contributed by atoms with E-state index in [1.165, 1.54) is 6.08 Å². The van der Waals surface area contributed by atoms with Gasteiger partial charge >= 0.3 is 5.97 Å². The number of hydrogen-bond acceptors (Lipinski definition) is 5. The first-order valence-electron chi connectivity index (χ1n) is 6.79. The number of amidine groups is 1. The monoisotopic (exact) mass is 327 g/mol. The van der Waals surface area contributed by atoms with Crippen LogP contribution in [0.1, 0.15) is 19.8 Å². The summed E-state index contributed by atoms with van der Waals surface area (Å²) in [6.45, 7) is 1.94. The van der Waals surface area contributed by atoms with Crippen molar-refractivity contribution >= 4 is 27.7 Å². The van der Waals surface area contributed by atoms with E-state index < -0.39 is 21.9 Å². The number of fused-ring (bicyclic) bond motifs is 1. The summed E-state index contributed by atoms with van der Waals surface area (Å²) in [5, 5.41) is 11.3. The molecule has 0 aromatic carbocycles. The van der Waals surface area contributed by atoms with Gasteiger partial charge in [0.25, 0.3) is 15.9 Å². The number of carbonyl (C=O) groups excluding carboxylic acids is 1. The molecule has 2 heterocycles. The summed E-state index contributed by atoms with van der Waals surface area (Å²) in [5.41, 5.74) is 0.160. The highest BCUT2D eigenvalue weighted by molar-refractivity contribution is 7.90. The summed E-state index contributed by atoms with van der Waals surface area (Å²) in [7, 11) is -3.56. The second-order valence-corrected chi connectivity index (χ2v) is 6.88. The molecule has 8 nitrogen and oxygen atoms in total. The van der Waals surface area contributed by atoms with Gasteiger partial charge in [-0.3, -0.25) is 9.59 Å². The predicted octanol–water partition coefficient (Wildman–Crippen LogP) is -0.146. The molecular formula is C13H17N3O5S. The minimum Gasteiger partial charge on any atom is -0.481 e. The Bertz CT molecular complexity index is 678. The lowest BCUT2D eigenvalue weighted by atomic mass is 10.1. The molecule has 0 spiro atoms. The van der Waals surface area contributed by atoms with Gasteiger partial charge in [-0.1, -0.05) is 0 Å². The number of nitrogens with zero attached hydrogens (tertiary/aromatic N) is 2. The predicted molar refractivity (Wildman–Crippen MR) is 79.6 cm³/mol. The lowest BCUT2D eigenvalue weighted by Crippen LogP contribution is -2.44. The highest BCUT2D eigenvalue weighted by atomic mass is 32.2. The molecule has 22 heavy (non-hydrogen) atoms. The molecular weight excluding hydrogens is 310 g/mol. The van der Waals surface area contributed by atoms with Crippen molar-refractivity contribution in [1.82, 2.24) is 10.2 Å². The van der Waals surface area contributed by atoms with Crippen LogP contribution in [0.15, 0.2) is 28.3 Å². The Kier molecular flexibility index (Phi) is 4.65. The van der Waals surface area contributed by atoms with Crippen LogP contribution in [-0.4, -0.2) is 54.5 Å². The van der Waals surface area contributed by atoms with Crippen LogP contribution in [0.4, 0.5) is 0 Å². The molecule has 1 unspecified atom stereocenters. The molecule has 0 saturated carbocycles. The van der Waals surface area contributed by atoms with Crippen LogP contribution in [0.25, 0.3) is 0 Å². The minimum atomic E-state index is -3.56. The Morgan fingerprint density at radius 3 is 2.91 bits per heavy atom. The lowest BCUT2D eigenvalue weighted by Gasteiger charge is -2.29. The van der Waals surface area contributed by atoms with Crippen molar-refractivity contribution in [2.45, 2.75) is 25.8 Å². The van der Waals surface area contributed by atoms with E-state index in [1.807, 2.05) is 0 Å². The molecule has 0 aliphatic carbocycles. The normalized spacial score (nSPS) is 20.5. The Morgan fingerprint density at radius 2 is 2.23 bits per heavy atom. The summed E-state index contributed by atoms with van der Waals surface area (Å²) >= 11 is 0. The Morgan fingerprint density at radius 1 is 1.50 bits per heavy atom. The zero-order chi connectivity index (χ0) is 16.3. The Labute approximate surface area is 128 Å². The Balaban J connectivity index is 2.11. The van der Waals surface area contributed by atoms with E-state index in [9.17, 15) is 18.0 Å². The van der Waals surface area contributed by atoms with Crippen LogP contribution in [0.5, 0.6) is 0 Å². The molecule has 0 aromatic rings. The van der Waals surface area contributed by atoms with Crippen LogP contribution < -0.4 is 5.32 Å². The van der Waals surface area contributed by atoms with E-state index in [0.29, 0.717) is 6.42 Å². The van der Waals surface area contributed by atoms with Gasteiger partial charge in [0.1, 0.15) is 0 Å². The van der Waals surface area contributed by atoms with Crippen molar-refractivity contribution in [2.75, 3.05) is 12.3 Å². The van der Waals surface area contributed by atoms with Crippen LogP contribution in [-0.2, 0) is 19.6 Å². The van der Waals surface area contributed by atoms with Gasteiger partial charge in [0, 0.05) is 25.2 Å². The van der Waals surface area contributed by atoms with E-state index in [2.05, 4.69) is 9.71 Å². The van der Waals surface area contributed by atoms with Crippen molar-refractivity contribution in [3.05, 3.63) is 23.9 Å². The molecule has 0 bridgehead atoms. The smallest absolute Gasteiger partial charge is 0.303 e. The number of rotatable bonds is 5. The number of aliphatic carboxylic acids is 1. The fraction of sp³-hybridized carbons (Fsp3) is 0.462. The standard InChI is InChI=1S/C13H17N3O5S/c1-9(4-5-11(17)18)14-13(19)10-3-2-6-16-7-8-22(20,21)15-12(10)16/h2-3,6,9H,4-5,7-8H2,1H3,(H,14,19)(H,17,18). The summed E-state index contributed by atoms with van der Waals surface area (Å²) < 4.78 is 26.9. The van der Waals surface area contributed by atoms with Gasteiger partial charge in [-0.25, -0.2) is 8.42 Å². The fourth-order valence-electron chi connectivity index (χ4n) is 2.11. The van der Waals surface area contributed by atoms with Gasteiger partial charge in [0.2, 0.25) is 0 Å². The van der Waals surface area contributed by atoms with Gasteiger partial charge in [-0.05, 0) is 25.5 Å². The third-order valence-corrected chi connectivity index (χ3v) is 4.42. The van der Waals surface area contributed by atoms with E-state index in [4.69, 9.17) is 5.11 Å². The van der Waals surface area contributed by atoms with E-state index in [1.54, 1.807) is 24.1 Å². The van der Waals surface area contributed by atoms with E-state index in [0.717, 1.165) is 0 Å². The molecule has 2 rings (SSSR count). The van der Waals surface area contributed by atoms with Crippen LogP contribution in [0.2, 0.25) is 0 Å². The molecule has 0 aromatic heterocycles. The highest BCUT2D eigenvalue weighted by Gasteiger charge is 2.30. The number of allylic oxidation sites excluding steroid dienone is 2. The molecule has 120 valence electrons. The van der Waals surface area contributed by atoms with Crippen LogP contribution in [0, 0.1) is 0 Å². The third-order valence-electron chi connectivity index (χ3n) is 3.27. The number of carboxylic acids is 1. The number of nitrogens with one attached hydrogen (secondary N) is 1.